The number of hydrogen-bond donors (Lipinski definition) is 0. The van der Waals surface area contributed by atoms with Crippen molar-refractivity contribution in [3.8, 4) is 67.3 Å². The van der Waals surface area contributed by atoms with Crippen LogP contribution in [0.1, 0.15) is 22.3 Å². The van der Waals surface area contributed by atoms with Gasteiger partial charge in [0.05, 0.1) is 16.8 Å². The standard InChI is InChI=1S/C47H30N2/c1-3-15-31(16-4-1)44-30-45(49-46(48-44)32-17-5-2-6-18-32)39-23-8-7-19-34(39)33-27-28-38-37-22-11-14-26-42(37)47(43(38)29-33)40-24-12-9-20-35(40)36-21-10-13-25-41(36)47/h1-30H. The topological polar surface area (TPSA) is 25.8 Å². The molecule has 0 N–H and O–H groups in total. The Bertz CT molecular complexity index is 2430. The molecule has 0 saturated heterocycles. The molecule has 0 unspecified atom stereocenters. The molecule has 49 heavy (non-hydrogen) atoms. The minimum Gasteiger partial charge on any atom is -0.228 e. The van der Waals surface area contributed by atoms with E-state index in [0.717, 1.165) is 33.6 Å². The Kier molecular flexibility index (Phi) is 6.13. The number of benzene rings is 7. The van der Waals surface area contributed by atoms with Gasteiger partial charge in [-0.1, -0.05) is 170 Å². The predicted octanol–water partition coefficient (Wildman–Crippen LogP) is 11.5. The third kappa shape index (κ3) is 4.07. The first-order chi connectivity index (χ1) is 24.3. The SMILES string of the molecule is c1ccc(-c2cc(-c3ccccc3-c3ccc4c(c3)C3(c5ccccc5-c5ccccc53)c3ccccc3-4)nc(-c3ccccc3)n2)cc1. The van der Waals surface area contributed by atoms with Crippen LogP contribution in [0, 0.1) is 0 Å². The third-order valence-electron chi connectivity index (χ3n) is 10.3. The Balaban J connectivity index is 1.21. The van der Waals surface area contributed by atoms with Crippen molar-refractivity contribution in [2.24, 2.45) is 0 Å². The van der Waals surface area contributed by atoms with Gasteiger partial charge < -0.3 is 0 Å². The van der Waals surface area contributed by atoms with Gasteiger partial charge >= 0.3 is 0 Å². The lowest BCUT2D eigenvalue weighted by molar-refractivity contribution is 0.794. The predicted molar refractivity (Wildman–Crippen MR) is 200 cm³/mol. The summed E-state index contributed by atoms with van der Waals surface area (Å²) in [6.07, 6.45) is 0. The second-order valence-corrected chi connectivity index (χ2v) is 12.9. The zero-order valence-electron chi connectivity index (χ0n) is 26.7. The van der Waals surface area contributed by atoms with Gasteiger partial charge in [0.15, 0.2) is 5.82 Å². The Hall–Kier alpha value is -6.38. The molecule has 0 bridgehead atoms. The smallest absolute Gasteiger partial charge is 0.160 e. The average Bonchev–Trinajstić information content (AvgIpc) is 3.65. The molecular weight excluding hydrogens is 593 g/mol. The summed E-state index contributed by atoms with van der Waals surface area (Å²) >= 11 is 0. The van der Waals surface area contributed by atoms with Gasteiger partial charge in [0.1, 0.15) is 0 Å². The number of rotatable bonds is 4. The highest BCUT2D eigenvalue weighted by atomic mass is 14.9. The first kappa shape index (κ1) is 27.7. The Morgan fingerprint density at radius 3 is 1.33 bits per heavy atom. The Labute approximate surface area is 286 Å². The van der Waals surface area contributed by atoms with Crippen molar-refractivity contribution < 1.29 is 0 Å². The molecule has 2 aliphatic carbocycles. The molecule has 10 rings (SSSR count). The average molecular weight is 623 g/mol. The summed E-state index contributed by atoms with van der Waals surface area (Å²) in [4.78, 5) is 10.3. The summed E-state index contributed by atoms with van der Waals surface area (Å²) in [5, 5.41) is 0. The van der Waals surface area contributed by atoms with Crippen molar-refractivity contribution >= 4 is 0 Å². The molecule has 7 aromatic carbocycles. The number of nitrogens with zero attached hydrogens (tertiary/aromatic N) is 2. The lowest BCUT2D eigenvalue weighted by Gasteiger charge is -2.30. The molecule has 0 amide bonds. The molecule has 2 heteroatoms. The van der Waals surface area contributed by atoms with Crippen LogP contribution in [0.25, 0.3) is 67.3 Å². The second kappa shape index (κ2) is 10.8. The van der Waals surface area contributed by atoms with Gasteiger partial charge in [0.25, 0.3) is 0 Å². The summed E-state index contributed by atoms with van der Waals surface area (Å²) in [5.41, 5.74) is 17.5. The summed E-state index contributed by atoms with van der Waals surface area (Å²) in [5.74, 6) is 0.717. The van der Waals surface area contributed by atoms with Gasteiger partial charge in [-0.05, 0) is 67.8 Å². The van der Waals surface area contributed by atoms with Gasteiger partial charge in [0, 0.05) is 16.7 Å². The van der Waals surface area contributed by atoms with E-state index in [2.05, 4.69) is 158 Å². The van der Waals surface area contributed by atoms with Crippen LogP contribution in [0.15, 0.2) is 182 Å². The van der Waals surface area contributed by atoms with E-state index in [4.69, 9.17) is 9.97 Å². The molecule has 0 radical (unpaired) electrons. The first-order valence-corrected chi connectivity index (χ1v) is 16.8. The Morgan fingerprint density at radius 1 is 0.286 bits per heavy atom. The molecule has 0 atom stereocenters. The van der Waals surface area contributed by atoms with Crippen molar-refractivity contribution in [2.75, 3.05) is 0 Å². The van der Waals surface area contributed by atoms with E-state index < -0.39 is 0 Å². The second-order valence-electron chi connectivity index (χ2n) is 12.9. The van der Waals surface area contributed by atoms with Gasteiger partial charge in [0.2, 0.25) is 0 Å². The van der Waals surface area contributed by atoms with E-state index in [1.807, 2.05) is 24.3 Å². The van der Waals surface area contributed by atoms with E-state index in [0.29, 0.717) is 5.82 Å². The maximum absolute atomic E-state index is 5.21. The lowest BCUT2D eigenvalue weighted by Crippen LogP contribution is -2.25. The number of aromatic nitrogens is 2. The maximum Gasteiger partial charge on any atom is 0.160 e. The van der Waals surface area contributed by atoms with Crippen LogP contribution in [0.3, 0.4) is 0 Å². The summed E-state index contributed by atoms with van der Waals surface area (Å²) < 4.78 is 0. The van der Waals surface area contributed by atoms with Crippen LogP contribution < -0.4 is 0 Å². The normalized spacial score (nSPS) is 13.1. The van der Waals surface area contributed by atoms with Crippen molar-refractivity contribution in [1.82, 2.24) is 9.97 Å². The minimum absolute atomic E-state index is 0.389. The zero-order chi connectivity index (χ0) is 32.4. The minimum atomic E-state index is -0.389. The molecule has 8 aromatic rings. The van der Waals surface area contributed by atoms with Crippen LogP contribution in [0.4, 0.5) is 0 Å². The molecule has 1 spiro atoms. The first-order valence-electron chi connectivity index (χ1n) is 16.8. The highest BCUT2D eigenvalue weighted by Gasteiger charge is 2.51. The molecule has 228 valence electrons. The fraction of sp³-hybridized carbons (Fsp3) is 0.0213. The third-order valence-corrected chi connectivity index (χ3v) is 10.3. The lowest BCUT2D eigenvalue weighted by atomic mass is 9.70. The van der Waals surface area contributed by atoms with E-state index in [1.54, 1.807) is 0 Å². The molecule has 1 heterocycles. The van der Waals surface area contributed by atoms with Crippen molar-refractivity contribution in [1.29, 1.82) is 0 Å². The highest BCUT2D eigenvalue weighted by molar-refractivity contribution is 5.96. The van der Waals surface area contributed by atoms with Crippen molar-refractivity contribution in [3.63, 3.8) is 0 Å². The molecule has 1 aromatic heterocycles. The summed E-state index contributed by atoms with van der Waals surface area (Å²) in [6.45, 7) is 0. The maximum atomic E-state index is 5.21. The Morgan fingerprint density at radius 2 is 0.735 bits per heavy atom. The van der Waals surface area contributed by atoms with Crippen LogP contribution in [-0.4, -0.2) is 9.97 Å². The van der Waals surface area contributed by atoms with Gasteiger partial charge in [-0.2, -0.15) is 0 Å². The molecule has 0 aliphatic heterocycles. The van der Waals surface area contributed by atoms with Gasteiger partial charge in [-0.3, -0.25) is 0 Å². The quantitative estimate of drug-likeness (QED) is 0.195. The van der Waals surface area contributed by atoms with Crippen LogP contribution in [-0.2, 0) is 5.41 Å². The number of fused-ring (bicyclic) bond motifs is 10. The molecule has 0 saturated carbocycles. The van der Waals surface area contributed by atoms with Crippen molar-refractivity contribution in [2.45, 2.75) is 5.41 Å². The van der Waals surface area contributed by atoms with Crippen molar-refractivity contribution in [3.05, 3.63) is 204 Å². The number of hydrogen-bond acceptors (Lipinski definition) is 2. The van der Waals surface area contributed by atoms with Crippen LogP contribution in [0.2, 0.25) is 0 Å². The monoisotopic (exact) mass is 622 g/mol. The van der Waals surface area contributed by atoms with Gasteiger partial charge in [-0.25, -0.2) is 9.97 Å². The zero-order valence-corrected chi connectivity index (χ0v) is 26.7. The molecule has 2 nitrogen and oxygen atoms in total. The van der Waals surface area contributed by atoms with Crippen LogP contribution in [0.5, 0.6) is 0 Å². The van der Waals surface area contributed by atoms with E-state index in [1.165, 1.54) is 50.1 Å². The summed E-state index contributed by atoms with van der Waals surface area (Å²) in [7, 11) is 0. The van der Waals surface area contributed by atoms with Gasteiger partial charge in [-0.15, -0.1) is 0 Å². The fourth-order valence-electron chi connectivity index (χ4n) is 8.28. The van der Waals surface area contributed by atoms with E-state index >= 15 is 0 Å². The highest BCUT2D eigenvalue weighted by Crippen LogP contribution is 2.63. The fourth-order valence-corrected chi connectivity index (χ4v) is 8.28. The van der Waals surface area contributed by atoms with E-state index in [9.17, 15) is 0 Å². The molecule has 0 fully saturated rings. The largest absolute Gasteiger partial charge is 0.228 e. The molecule has 2 aliphatic rings. The van der Waals surface area contributed by atoms with Crippen LogP contribution >= 0.6 is 0 Å². The molecular formula is C47H30N2. The summed E-state index contributed by atoms with van der Waals surface area (Å²) in [6, 6.07) is 65.5. The van der Waals surface area contributed by atoms with E-state index in [-0.39, 0.29) is 5.41 Å².